The van der Waals surface area contributed by atoms with Gasteiger partial charge in [0, 0.05) is 19.0 Å². The lowest BCUT2D eigenvalue weighted by Gasteiger charge is -2.34. The first-order valence-corrected chi connectivity index (χ1v) is 3.57. The Kier molecular flexibility index (Phi) is 1.44. The van der Waals surface area contributed by atoms with Gasteiger partial charge < -0.3 is 10.1 Å². The molecule has 51 valence electrons. The molecule has 1 N–H and O–H groups in total. The maximum absolute atomic E-state index is 5.36. The summed E-state index contributed by atoms with van der Waals surface area (Å²) in [6.45, 7) is 4.12. The van der Waals surface area contributed by atoms with E-state index in [1.807, 2.05) is 0 Å². The van der Waals surface area contributed by atoms with E-state index in [9.17, 15) is 0 Å². The van der Waals surface area contributed by atoms with Gasteiger partial charge >= 0.3 is 0 Å². The molecule has 2 heteroatoms. The maximum Gasteiger partial charge on any atom is 0.0541 e. The Hall–Kier alpha value is -0.0800. The Morgan fingerprint density at radius 1 is 1.56 bits per heavy atom. The average molecular weight is 126 g/mol. The van der Waals surface area contributed by atoms with Crippen molar-refractivity contribution in [3.8, 4) is 0 Å². The molecule has 2 rings (SSSR count). The molecule has 2 aliphatic rings. The maximum atomic E-state index is 5.36. The van der Waals surface area contributed by atoms with Crippen molar-refractivity contribution in [1.29, 1.82) is 0 Å². The second-order valence-corrected chi connectivity index (χ2v) is 2.97. The number of rotatable bonds is 0. The van der Waals surface area contributed by atoms with Crippen LogP contribution in [-0.4, -0.2) is 26.3 Å². The highest BCUT2D eigenvalue weighted by Crippen LogP contribution is 2.23. The van der Waals surface area contributed by atoms with Crippen molar-refractivity contribution in [3.63, 3.8) is 0 Å². The van der Waals surface area contributed by atoms with Gasteiger partial charge in [-0.3, -0.25) is 0 Å². The second kappa shape index (κ2) is 2.27. The van der Waals surface area contributed by atoms with Gasteiger partial charge in [-0.05, 0) is 12.3 Å². The van der Waals surface area contributed by atoms with Gasteiger partial charge in [-0.1, -0.05) is 0 Å². The summed E-state index contributed by atoms with van der Waals surface area (Å²) in [4.78, 5) is 0. The van der Waals surface area contributed by atoms with Gasteiger partial charge in [0.1, 0.15) is 0 Å². The van der Waals surface area contributed by atoms with Crippen molar-refractivity contribution in [2.75, 3.05) is 26.3 Å². The topological polar surface area (TPSA) is 21.3 Å². The fourth-order valence-electron chi connectivity index (χ4n) is 1.60. The zero-order valence-electron chi connectivity index (χ0n) is 5.52. The summed E-state index contributed by atoms with van der Waals surface area (Å²) >= 11 is 0. The molecule has 9 heavy (non-hydrogen) atoms. The lowest BCUT2D eigenvalue weighted by molar-refractivity contribution is 0.0549. The first-order valence-electron chi connectivity index (χ1n) is 3.57. The van der Waals surface area contributed by atoms with E-state index in [2.05, 4.69) is 5.32 Å². The van der Waals surface area contributed by atoms with Gasteiger partial charge in [-0.2, -0.15) is 0 Å². The highest BCUT2D eigenvalue weighted by Gasteiger charge is 2.26. The van der Waals surface area contributed by atoms with E-state index in [0.717, 1.165) is 32.2 Å². The highest BCUT2D eigenvalue weighted by molar-refractivity contribution is 5.00. The van der Waals surface area contributed by atoms with E-state index >= 15 is 0 Å². The van der Waals surface area contributed by atoms with E-state index in [0.29, 0.717) is 0 Å². The SMILES string of the molecule is C1NCC2COC[C]1C2. The fourth-order valence-corrected chi connectivity index (χ4v) is 1.60. The second-order valence-electron chi connectivity index (χ2n) is 2.97. The molecular weight excluding hydrogens is 114 g/mol. The Labute approximate surface area is 55.6 Å². The van der Waals surface area contributed by atoms with Crippen LogP contribution in [0.3, 0.4) is 0 Å². The summed E-state index contributed by atoms with van der Waals surface area (Å²) in [5.41, 5.74) is 0. The predicted octanol–water partition coefficient (Wildman–Crippen LogP) is 0.201. The van der Waals surface area contributed by atoms with Crippen LogP contribution in [0.5, 0.6) is 0 Å². The molecule has 1 radical (unpaired) electrons. The smallest absolute Gasteiger partial charge is 0.0541 e. The van der Waals surface area contributed by atoms with Crippen LogP contribution in [0.4, 0.5) is 0 Å². The number of ether oxygens (including phenoxy) is 1. The molecule has 2 fully saturated rings. The van der Waals surface area contributed by atoms with Gasteiger partial charge in [-0.15, -0.1) is 0 Å². The third-order valence-electron chi connectivity index (χ3n) is 2.05. The van der Waals surface area contributed by atoms with Gasteiger partial charge in [0.25, 0.3) is 0 Å². The third kappa shape index (κ3) is 1.10. The average Bonchev–Trinajstić information content (AvgIpc) is 1.88. The molecule has 0 aromatic carbocycles. The summed E-state index contributed by atoms with van der Waals surface area (Å²) in [5, 5.41) is 3.37. The third-order valence-corrected chi connectivity index (χ3v) is 2.05. The molecule has 2 bridgehead atoms. The molecule has 2 nitrogen and oxygen atoms in total. The van der Waals surface area contributed by atoms with E-state index < -0.39 is 0 Å². The summed E-state index contributed by atoms with van der Waals surface area (Å²) in [6.07, 6.45) is 1.31. The van der Waals surface area contributed by atoms with E-state index in [1.54, 1.807) is 5.92 Å². The summed E-state index contributed by atoms with van der Waals surface area (Å²) in [5.74, 6) is 2.33. The van der Waals surface area contributed by atoms with Gasteiger partial charge in [-0.25, -0.2) is 0 Å². The number of fused-ring (bicyclic) bond motifs is 2. The molecule has 2 aliphatic heterocycles. The van der Waals surface area contributed by atoms with Crippen molar-refractivity contribution >= 4 is 0 Å². The summed E-state index contributed by atoms with van der Waals surface area (Å²) in [7, 11) is 0. The number of hydrogen-bond donors (Lipinski definition) is 1. The summed E-state index contributed by atoms with van der Waals surface area (Å²) in [6, 6.07) is 0. The minimum absolute atomic E-state index is 0.780. The van der Waals surface area contributed by atoms with Crippen LogP contribution in [-0.2, 0) is 4.74 Å². The Balaban J connectivity index is 1.96. The minimum Gasteiger partial charge on any atom is -0.380 e. The van der Waals surface area contributed by atoms with E-state index in [1.165, 1.54) is 6.42 Å². The monoisotopic (exact) mass is 126 g/mol. The van der Waals surface area contributed by atoms with E-state index in [4.69, 9.17) is 4.74 Å². The van der Waals surface area contributed by atoms with Crippen LogP contribution in [0, 0.1) is 11.8 Å². The van der Waals surface area contributed by atoms with Crippen molar-refractivity contribution in [1.82, 2.24) is 5.32 Å². The van der Waals surface area contributed by atoms with Gasteiger partial charge in [0.05, 0.1) is 13.2 Å². The first-order chi connectivity index (χ1) is 4.45. The van der Waals surface area contributed by atoms with E-state index in [-0.39, 0.29) is 0 Å². The first kappa shape index (κ1) is 5.69. The number of hydrogen-bond acceptors (Lipinski definition) is 2. The molecule has 0 spiro atoms. The molecule has 2 heterocycles. The molecule has 0 aromatic rings. The number of piperidine rings is 1. The predicted molar refractivity (Wildman–Crippen MR) is 35.0 cm³/mol. The molecule has 2 saturated heterocycles. The van der Waals surface area contributed by atoms with Crippen molar-refractivity contribution in [2.24, 2.45) is 5.92 Å². The van der Waals surface area contributed by atoms with Crippen LogP contribution in [0.2, 0.25) is 0 Å². The lowest BCUT2D eigenvalue weighted by Crippen LogP contribution is -2.42. The Bertz CT molecular complexity index is 85.1. The molecule has 0 amide bonds. The van der Waals surface area contributed by atoms with Crippen molar-refractivity contribution in [3.05, 3.63) is 5.92 Å². The Morgan fingerprint density at radius 3 is 3.33 bits per heavy atom. The Morgan fingerprint density at radius 2 is 2.56 bits per heavy atom. The van der Waals surface area contributed by atoms with Crippen LogP contribution in [0.25, 0.3) is 0 Å². The molecule has 0 aliphatic carbocycles. The largest absolute Gasteiger partial charge is 0.380 e. The fraction of sp³-hybridized carbons (Fsp3) is 0.857. The summed E-state index contributed by atoms with van der Waals surface area (Å²) < 4.78 is 5.36. The van der Waals surface area contributed by atoms with Gasteiger partial charge in [0.2, 0.25) is 0 Å². The molecular formula is C7H12NO. The van der Waals surface area contributed by atoms with Crippen LogP contribution in [0.15, 0.2) is 0 Å². The zero-order chi connectivity index (χ0) is 6.10. The lowest BCUT2D eigenvalue weighted by atomic mass is 9.90. The molecule has 1 unspecified atom stereocenters. The van der Waals surface area contributed by atoms with Crippen LogP contribution < -0.4 is 5.32 Å². The normalized spacial score (nSPS) is 36.7. The number of nitrogens with one attached hydrogen (secondary N) is 1. The van der Waals surface area contributed by atoms with Crippen LogP contribution in [0.1, 0.15) is 6.42 Å². The van der Waals surface area contributed by atoms with Crippen molar-refractivity contribution in [2.45, 2.75) is 6.42 Å². The molecule has 1 atom stereocenters. The highest BCUT2D eigenvalue weighted by atomic mass is 16.5. The molecule has 0 aromatic heterocycles. The standard InChI is InChI=1S/C7H12NO/c1-6-2-8-3-7(1)5-9-4-6/h6,8H,1-5H2. The van der Waals surface area contributed by atoms with Gasteiger partial charge in [0.15, 0.2) is 0 Å². The minimum atomic E-state index is 0.780. The van der Waals surface area contributed by atoms with Crippen molar-refractivity contribution < 1.29 is 4.74 Å². The zero-order valence-corrected chi connectivity index (χ0v) is 5.52. The van der Waals surface area contributed by atoms with Crippen LogP contribution >= 0.6 is 0 Å². The molecule has 0 saturated carbocycles. The quantitative estimate of drug-likeness (QED) is 0.500.